The maximum atomic E-state index is 12.5. The van der Waals surface area contributed by atoms with Gasteiger partial charge < -0.3 is 10.6 Å². The molecule has 0 radical (unpaired) electrons. The molecule has 0 atom stereocenters. The topological polar surface area (TPSA) is 128 Å². The molecular formula is C21H18ClN7O3S. The molecule has 33 heavy (non-hydrogen) atoms. The number of thioether (sulfide) groups is 1. The number of nitrogens with one attached hydrogen (secondary N) is 2. The molecule has 168 valence electrons. The van der Waals surface area contributed by atoms with Gasteiger partial charge in [-0.15, -0.1) is 10.2 Å². The molecule has 2 aromatic carbocycles. The fourth-order valence-electron chi connectivity index (χ4n) is 2.91. The molecule has 0 spiro atoms. The van der Waals surface area contributed by atoms with Gasteiger partial charge in [0.05, 0.1) is 5.75 Å². The number of para-hydroxylation sites is 1. The van der Waals surface area contributed by atoms with E-state index in [1.807, 2.05) is 43.3 Å². The molecule has 2 heterocycles. The highest BCUT2D eigenvalue weighted by molar-refractivity contribution is 7.99. The van der Waals surface area contributed by atoms with Gasteiger partial charge in [-0.05, 0) is 47.1 Å². The smallest absolute Gasteiger partial charge is 0.234 e. The Morgan fingerprint density at radius 2 is 1.88 bits per heavy atom. The minimum atomic E-state index is -0.333. The Kier molecular flexibility index (Phi) is 6.71. The largest absolute Gasteiger partial charge is 0.325 e. The predicted octanol–water partition coefficient (Wildman–Crippen LogP) is 3.97. The Morgan fingerprint density at radius 3 is 2.61 bits per heavy atom. The monoisotopic (exact) mass is 483 g/mol. The molecular weight excluding hydrogens is 466 g/mol. The van der Waals surface area contributed by atoms with E-state index in [9.17, 15) is 9.59 Å². The number of amides is 2. The van der Waals surface area contributed by atoms with Crippen LogP contribution >= 0.6 is 23.4 Å². The first-order valence-corrected chi connectivity index (χ1v) is 11.1. The molecule has 2 amide bonds. The molecule has 2 aromatic heterocycles. The third-order valence-corrected chi connectivity index (χ3v) is 5.77. The first-order chi connectivity index (χ1) is 15.9. The Balaban J connectivity index is 1.60. The van der Waals surface area contributed by atoms with E-state index in [2.05, 4.69) is 31.1 Å². The van der Waals surface area contributed by atoms with Crippen molar-refractivity contribution < 1.29 is 14.2 Å². The quantitative estimate of drug-likeness (QED) is 0.378. The van der Waals surface area contributed by atoms with E-state index in [0.29, 0.717) is 21.7 Å². The number of halogens is 1. The van der Waals surface area contributed by atoms with Gasteiger partial charge in [-0.2, -0.15) is 0 Å². The molecule has 0 aliphatic carbocycles. The first kappa shape index (κ1) is 22.5. The van der Waals surface area contributed by atoms with Crippen LogP contribution in [0.2, 0.25) is 5.02 Å². The van der Waals surface area contributed by atoms with E-state index in [1.165, 1.54) is 18.7 Å². The maximum Gasteiger partial charge on any atom is 0.234 e. The zero-order valence-corrected chi connectivity index (χ0v) is 19.1. The van der Waals surface area contributed by atoms with Crippen LogP contribution in [0.25, 0.3) is 17.2 Å². The van der Waals surface area contributed by atoms with Crippen molar-refractivity contribution in [1.82, 2.24) is 25.1 Å². The second-order valence-corrected chi connectivity index (χ2v) is 8.27. The SMILES string of the molecule is CC(=O)Nc1nonc1-c1nnc(SCC(=O)Nc2ccc(C)c(Cl)c2)n1-c1ccccc1. The average molecular weight is 484 g/mol. The minimum Gasteiger partial charge on any atom is -0.325 e. The molecule has 0 aliphatic heterocycles. The lowest BCUT2D eigenvalue weighted by molar-refractivity contribution is -0.114. The van der Waals surface area contributed by atoms with Crippen LogP contribution < -0.4 is 10.6 Å². The van der Waals surface area contributed by atoms with E-state index >= 15 is 0 Å². The summed E-state index contributed by atoms with van der Waals surface area (Å²) in [6.07, 6.45) is 0. The number of aryl methyl sites for hydroxylation is 1. The Bertz CT molecular complexity index is 1310. The maximum absolute atomic E-state index is 12.5. The van der Waals surface area contributed by atoms with Crippen LogP contribution in [-0.2, 0) is 9.59 Å². The number of carbonyl (C=O) groups is 2. The first-order valence-electron chi connectivity index (χ1n) is 9.72. The predicted molar refractivity (Wildman–Crippen MR) is 124 cm³/mol. The minimum absolute atomic E-state index is 0.0755. The lowest BCUT2D eigenvalue weighted by Gasteiger charge is -2.10. The Labute approximate surface area is 197 Å². The van der Waals surface area contributed by atoms with Crippen LogP contribution in [0.3, 0.4) is 0 Å². The molecule has 0 fully saturated rings. The summed E-state index contributed by atoms with van der Waals surface area (Å²) >= 11 is 7.32. The van der Waals surface area contributed by atoms with Crippen LogP contribution in [0, 0.1) is 6.92 Å². The highest BCUT2D eigenvalue weighted by atomic mass is 35.5. The van der Waals surface area contributed by atoms with Gasteiger partial charge in [-0.3, -0.25) is 14.2 Å². The number of hydrogen-bond donors (Lipinski definition) is 2. The molecule has 0 bridgehead atoms. The summed E-state index contributed by atoms with van der Waals surface area (Å²) in [5, 5.41) is 22.4. The normalized spacial score (nSPS) is 10.8. The standard InChI is InChI=1S/C21H18ClN7O3S/c1-12-8-9-14(10-16(12)22)24-17(31)11-33-21-26-25-20(29(21)15-6-4-3-5-7-15)18-19(23-13(2)30)28-32-27-18/h3-10H,11H2,1-2H3,(H,24,31)(H,23,28,30). The van der Waals surface area contributed by atoms with Crippen molar-refractivity contribution in [2.24, 2.45) is 0 Å². The summed E-state index contributed by atoms with van der Waals surface area (Å²) in [5.41, 5.74) is 2.48. The highest BCUT2D eigenvalue weighted by Crippen LogP contribution is 2.30. The van der Waals surface area contributed by atoms with Gasteiger partial charge in [0.15, 0.2) is 16.7 Å². The summed E-state index contributed by atoms with van der Waals surface area (Å²) in [6.45, 7) is 3.24. The molecule has 0 saturated carbocycles. The molecule has 0 aliphatic rings. The fraction of sp³-hybridized carbons (Fsp3) is 0.143. The lowest BCUT2D eigenvalue weighted by atomic mass is 10.2. The van der Waals surface area contributed by atoms with E-state index in [-0.39, 0.29) is 29.1 Å². The van der Waals surface area contributed by atoms with Crippen LogP contribution in [-0.4, -0.2) is 42.6 Å². The van der Waals surface area contributed by atoms with Crippen LogP contribution in [0.4, 0.5) is 11.5 Å². The van der Waals surface area contributed by atoms with Crippen molar-refractivity contribution in [2.75, 3.05) is 16.4 Å². The molecule has 0 saturated heterocycles. The summed E-state index contributed by atoms with van der Waals surface area (Å²) in [6, 6.07) is 14.6. The van der Waals surface area contributed by atoms with Crippen molar-refractivity contribution in [3.05, 3.63) is 59.1 Å². The molecule has 0 unspecified atom stereocenters. The van der Waals surface area contributed by atoms with Crippen LogP contribution in [0.15, 0.2) is 58.3 Å². The zero-order valence-electron chi connectivity index (χ0n) is 17.6. The van der Waals surface area contributed by atoms with Gasteiger partial charge in [0.25, 0.3) is 0 Å². The summed E-state index contributed by atoms with van der Waals surface area (Å²) in [5.74, 6) is -0.0603. The van der Waals surface area contributed by atoms with Gasteiger partial charge in [-0.25, -0.2) is 4.63 Å². The van der Waals surface area contributed by atoms with E-state index in [0.717, 1.165) is 11.3 Å². The summed E-state index contributed by atoms with van der Waals surface area (Å²) in [4.78, 5) is 24.0. The van der Waals surface area contributed by atoms with Crippen LogP contribution in [0.5, 0.6) is 0 Å². The number of hydrogen-bond acceptors (Lipinski definition) is 8. The van der Waals surface area contributed by atoms with Gasteiger partial charge in [-0.1, -0.05) is 47.6 Å². The molecule has 10 nitrogen and oxygen atoms in total. The molecule has 4 rings (SSSR count). The number of carbonyl (C=O) groups excluding carboxylic acids is 2. The van der Waals surface area contributed by atoms with Gasteiger partial charge in [0.2, 0.25) is 17.6 Å². The number of anilines is 2. The second-order valence-electron chi connectivity index (χ2n) is 6.92. The van der Waals surface area contributed by atoms with Crippen molar-refractivity contribution in [1.29, 1.82) is 0 Å². The Morgan fingerprint density at radius 1 is 1.09 bits per heavy atom. The molecule has 2 N–H and O–H groups in total. The fourth-order valence-corrected chi connectivity index (χ4v) is 3.84. The van der Waals surface area contributed by atoms with Crippen molar-refractivity contribution in [3.63, 3.8) is 0 Å². The number of aromatic nitrogens is 5. The summed E-state index contributed by atoms with van der Waals surface area (Å²) in [7, 11) is 0. The highest BCUT2D eigenvalue weighted by Gasteiger charge is 2.24. The zero-order chi connectivity index (χ0) is 23.4. The van der Waals surface area contributed by atoms with Gasteiger partial charge >= 0.3 is 0 Å². The lowest BCUT2D eigenvalue weighted by Crippen LogP contribution is -2.14. The van der Waals surface area contributed by atoms with E-state index < -0.39 is 0 Å². The van der Waals surface area contributed by atoms with Crippen LogP contribution in [0.1, 0.15) is 12.5 Å². The van der Waals surface area contributed by atoms with Gasteiger partial charge in [0.1, 0.15) is 0 Å². The number of rotatable bonds is 7. The van der Waals surface area contributed by atoms with E-state index in [1.54, 1.807) is 16.7 Å². The van der Waals surface area contributed by atoms with Crippen molar-refractivity contribution in [2.45, 2.75) is 19.0 Å². The average Bonchev–Trinajstić information content (AvgIpc) is 3.41. The number of nitrogens with zero attached hydrogens (tertiary/aromatic N) is 5. The molecule has 12 heteroatoms. The van der Waals surface area contributed by atoms with Gasteiger partial charge in [0, 0.05) is 23.3 Å². The third kappa shape index (κ3) is 5.21. The third-order valence-electron chi connectivity index (χ3n) is 4.43. The Hall–Kier alpha value is -3.70. The second kappa shape index (κ2) is 9.84. The molecule has 4 aromatic rings. The van der Waals surface area contributed by atoms with Crippen molar-refractivity contribution in [3.8, 4) is 17.2 Å². The van der Waals surface area contributed by atoms with Crippen molar-refractivity contribution >= 4 is 46.7 Å². The number of benzene rings is 2. The summed E-state index contributed by atoms with van der Waals surface area (Å²) < 4.78 is 6.52. The van der Waals surface area contributed by atoms with E-state index in [4.69, 9.17) is 16.2 Å².